The van der Waals surface area contributed by atoms with Crippen molar-refractivity contribution in [3.63, 3.8) is 0 Å². The highest BCUT2D eigenvalue weighted by Crippen LogP contribution is 2.32. The molecule has 0 unspecified atom stereocenters. The van der Waals surface area contributed by atoms with Gasteiger partial charge in [-0.1, -0.05) is 24.3 Å². The monoisotopic (exact) mass is 347 g/mol. The Balaban J connectivity index is 2.05. The van der Waals surface area contributed by atoms with E-state index < -0.39 is 22.1 Å². The first kappa shape index (κ1) is 16.3. The molecule has 1 aliphatic rings. The molecule has 2 N–H and O–H groups in total. The second-order valence-electron chi connectivity index (χ2n) is 5.40. The lowest BCUT2D eigenvalue weighted by Gasteiger charge is -2.37. The van der Waals surface area contributed by atoms with Gasteiger partial charge in [-0.3, -0.25) is 4.79 Å². The summed E-state index contributed by atoms with van der Waals surface area (Å²) in [5.74, 6) is 0.250. The van der Waals surface area contributed by atoms with Crippen LogP contribution in [0.1, 0.15) is 22.1 Å². The number of hydrogen-bond acceptors (Lipinski definition) is 5. The van der Waals surface area contributed by atoms with Crippen LogP contribution in [0.5, 0.6) is 5.75 Å². The summed E-state index contributed by atoms with van der Waals surface area (Å²) in [4.78, 5) is 15.0. The van der Waals surface area contributed by atoms with Crippen LogP contribution in [-0.4, -0.2) is 32.7 Å². The molecule has 0 spiro atoms. The number of ether oxygens (including phenoxy) is 1. The second kappa shape index (κ2) is 6.14. The Kier molecular flexibility index (Phi) is 4.16. The quantitative estimate of drug-likeness (QED) is 0.879. The number of hydrogen-bond donors (Lipinski definition) is 2. The van der Waals surface area contributed by atoms with Crippen molar-refractivity contribution < 1.29 is 17.9 Å². The van der Waals surface area contributed by atoms with Gasteiger partial charge >= 0.3 is 0 Å². The van der Waals surface area contributed by atoms with Crippen molar-refractivity contribution in [3.05, 3.63) is 59.7 Å². The van der Waals surface area contributed by atoms with E-state index >= 15 is 0 Å². The van der Waals surface area contributed by atoms with Crippen molar-refractivity contribution in [1.82, 2.24) is 9.84 Å². The number of anilines is 1. The van der Waals surface area contributed by atoms with E-state index in [1.807, 2.05) is 6.07 Å². The van der Waals surface area contributed by atoms with E-state index in [0.717, 1.165) is 16.8 Å². The summed E-state index contributed by atoms with van der Waals surface area (Å²) in [6, 6.07) is 14.0. The molecule has 0 aliphatic carbocycles. The Morgan fingerprint density at radius 1 is 1.12 bits per heavy atom. The minimum Gasteiger partial charge on any atom is -0.497 e. The lowest BCUT2D eigenvalue weighted by atomic mass is 10.1. The number of carbonyl (C=O) groups excluding carboxylic acids is 1. The molecule has 126 valence electrons. The molecule has 0 radical (unpaired) electrons. The fourth-order valence-corrected chi connectivity index (χ4v) is 3.09. The zero-order valence-electron chi connectivity index (χ0n) is 13.2. The van der Waals surface area contributed by atoms with Crippen LogP contribution in [0.15, 0.2) is 48.5 Å². The number of amides is 1. The van der Waals surface area contributed by atoms with Gasteiger partial charge in [0.25, 0.3) is 5.91 Å². The Hall–Kier alpha value is -2.58. The Morgan fingerprint density at radius 3 is 2.42 bits per heavy atom. The third-order valence-corrected chi connectivity index (χ3v) is 4.15. The number of sulfonamides is 1. The van der Waals surface area contributed by atoms with E-state index in [2.05, 4.69) is 10.1 Å². The van der Waals surface area contributed by atoms with Crippen molar-refractivity contribution in [1.29, 1.82) is 0 Å². The summed E-state index contributed by atoms with van der Waals surface area (Å²) in [7, 11) is -2.06. The fraction of sp³-hybridized carbons (Fsp3) is 0.188. The lowest BCUT2D eigenvalue weighted by molar-refractivity contribution is 0.0633. The molecule has 8 heteroatoms. The van der Waals surface area contributed by atoms with E-state index in [4.69, 9.17) is 4.74 Å². The van der Waals surface area contributed by atoms with Gasteiger partial charge in [-0.15, -0.1) is 4.83 Å². The summed E-state index contributed by atoms with van der Waals surface area (Å²) < 4.78 is 28.5. The van der Waals surface area contributed by atoms with Crippen LogP contribution in [0.25, 0.3) is 0 Å². The molecule has 0 saturated carbocycles. The number of benzene rings is 2. The minimum atomic E-state index is -3.62. The van der Waals surface area contributed by atoms with Crippen LogP contribution < -0.4 is 14.9 Å². The van der Waals surface area contributed by atoms with E-state index in [1.54, 1.807) is 49.6 Å². The van der Waals surface area contributed by atoms with Crippen LogP contribution in [0.3, 0.4) is 0 Å². The topological polar surface area (TPSA) is 87.7 Å². The molecule has 0 fully saturated rings. The van der Waals surface area contributed by atoms with Crippen molar-refractivity contribution in [3.8, 4) is 5.75 Å². The van der Waals surface area contributed by atoms with Gasteiger partial charge < -0.3 is 10.1 Å². The average molecular weight is 347 g/mol. The number of carbonyl (C=O) groups is 1. The maximum absolute atomic E-state index is 12.7. The molecule has 2 aromatic carbocycles. The number of nitrogens with one attached hydrogen (secondary N) is 2. The molecular formula is C16H17N3O4S. The molecule has 0 saturated heterocycles. The van der Waals surface area contributed by atoms with Gasteiger partial charge in [0, 0.05) is 5.69 Å². The predicted molar refractivity (Wildman–Crippen MR) is 89.9 cm³/mol. The van der Waals surface area contributed by atoms with Crippen molar-refractivity contribution in [2.24, 2.45) is 0 Å². The first-order valence-electron chi connectivity index (χ1n) is 7.19. The summed E-state index contributed by atoms with van der Waals surface area (Å²) in [6.07, 6.45) is 0.333. The highest BCUT2D eigenvalue weighted by molar-refractivity contribution is 7.88. The molecule has 7 nitrogen and oxygen atoms in total. The van der Waals surface area contributed by atoms with Crippen molar-refractivity contribution >= 4 is 21.6 Å². The highest BCUT2D eigenvalue weighted by atomic mass is 32.2. The molecule has 0 aromatic heterocycles. The Labute approximate surface area is 140 Å². The molecular weight excluding hydrogens is 330 g/mol. The van der Waals surface area contributed by atoms with Crippen LogP contribution in [0.2, 0.25) is 0 Å². The maximum Gasteiger partial charge on any atom is 0.273 e. The Bertz CT molecular complexity index is 865. The molecule has 1 heterocycles. The number of nitrogens with zero attached hydrogens (tertiary/aromatic N) is 1. The lowest BCUT2D eigenvalue weighted by Crippen LogP contribution is -2.52. The number of rotatable bonds is 4. The van der Waals surface area contributed by atoms with E-state index in [-0.39, 0.29) is 0 Å². The molecule has 1 atom stereocenters. The molecule has 1 aliphatic heterocycles. The van der Waals surface area contributed by atoms with Gasteiger partial charge in [0.2, 0.25) is 10.0 Å². The van der Waals surface area contributed by atoms with Crippen molar-refractivity contribution in [2.75, 3.05) is 18.7 Å². The SMILES string of the molecule is COc1ccc([C@H]2Nc3ccccc3C(=O)N2NS(C)(=O)=O)cc1. The van der Waals surface area contributed by atoms with Gasteiger partial charge in [0.15, 0.2) is 0 Å². The van der Waals surface area contributed by atoms with E-state index in [9.17, 15) is 13.2 Å². The summed E-state index contributed by atoms with van der Waals surface area (Å²) in [5, 5.41) is 4.27. The largest absolute Gasteiger partial charge is 0.497 e. The van der Waals surface area contributed by atoms with Gasteiger partial charge in [-0.25, -0.2) is 13.4 Å². The molecule has 2 aromatic rings. The summed E-state index contributed by atoms with van der Waals surface area (Å²) in [6.45, 7) is 0. The number of hydrazine groups is 1. The molecule has 1 amide bonds. The first-order chi connectivity index (χ1) is 11.4. The number of para-hydroxylation sites is 1. The molecule has 24 heavy (non-hydrogen) atoms. The highest BCUT2D eigenvalue weighted by Gasteiger charge is 2.34. The zero-order valence-corrected chi connectivity index (χ0v) is 14.0. The van der Waals surface area contributed by atoms with E-state index in [1.165, 1.54) is 0 Å². The minimum absolute atomic E-state index is 0.401. The molecule has 3 rings (SSSR count). The normalized spacial score (nSPS) is 17.2. The smallest absolute Gasteiger partial charge is 0.273 e. The third-order valence-electron chi connectivity index (χ3n) is 3.62. The van der Waals surface area contributed by atoms with Crippen LogP contribution >= 0.6 is 0 Å². The third kappa shape index (κ3) is 3.19. The summed E-state index contributed by atoms with van der Waals surface area (Å²) in [5.41, 5.74) is 1.77. The van der Waals surface area contributed by atoms with Crippen LogP contribution in [0.4, 0.5) is 5.69 Å². The Morgan fingerprint density at radius 2 is 1.79 bits per heavy atom. The van der Waals surface area contributed by atoms with E-state index in [0.29, 0.717) is 17.0 Å². The first-order valence-corrected chi connectivity index (χ1v) is 9.09. The van der Waals surface area contributed by atoms with Crippen molar-refractivity contribution in [2.45, 2.75) is 6.17 Å². The zero-order chi connectivity index (χ0) is 17.3. The number of methoxy groups -OCH3 is 1. The predicted octanol–water partition coefficient (Wildman–Crippen LogP) is 1.73. The number of fused-ring (bicyclic) bond motifs is 1. The second-order valence-corrected chi connectivity index (χ2v) is 7.13. The van der Waals surface area contributed by atoms with Gasteiger partial charge in [-0.2, -0.15) is 0 Å². The van der Waals surface area contributed by atoms with Crippen LogP contribution in [0, 0.1) is 0 Å². The van der Waals surface area contributed by atoms with Gasteiger partial charge in [-0.05, 0) is 29.8 Å². The standard InChI is InChI=1S/C16H17N3O4S/c1-23-12-9-7-11(8-10-12)15-17-14-6-4-3-5-13(14)16(20)19(15)18-24(2,21)22/h3-10,15,17-18H,1-2H3/t15-/m0/s1. The fourth-order valence-electron chi connectivity index (χ4n) is 2.55. The summed E-state index contributed by atoms with van der Waals surface area (Å²) >= 11 is 0. The maximum atomic E-state index is 12.7. The van der Waals surface area contributed by atoms with Crippen LogP contribution in [-0.2, 0) is 10.0 Å². The van der Waals surface area contributed by atoms with Gasteiger partial charge in [0.05, 0.1) is 18.9 Å². The average Bonchev–Trinajstić information content (AvgIpc) is 2.56. The molecule has 0 bridgehead atoms. The van der Waals surface area contributed by atoms with Gasteiger partial charge in [0.1, 0.15) is 11.9 Å².